The average molecular weight is 774 g/mol. The number of anilines is 1. The Morgan fingerprint density at radius 3 is 2.26 bits per heavy atom. The van der Waals surface area contributed by atoms with Crippen LogP contribution in [0.15, 0.2) is 48.5 Å². The van der Waals surface area contributed by atoms with E-state index in [1.54, 1.807) is 19.1 Å². The maximum atomic E-state index is 13.7. The summed E-state index contributed by atoms with van der Waals surface area (Å²) in [5, 5.41) is 24.3. The number of benzene rings is 3. The first-order chi connectivity index (χ1) is 20.9. The van der Waals surface area contributed by atoms with Gasteiger partial charge in [0.15, 0.2) is 5.82 Å². The van der Waals surface area contributed by atoms with Crippen LogP contribution in [0.25, 0.3) is 33.3 Å². The van der Waals surface area contributed by atoms with E-state index in [1.807, 2.05) is 36.4 Å². The van der Waals surface area contributed by atoms with Crippen LogP contribution in [0.1, 0.15) is 65.6 Å². The molecule has 4 aromatic rings. The number of carbonyl (C=O) groups is 3. The molecule has 2 N–H and O–H groups in total. The fourth-order valence-corrected chi connectivity index (χ4v) is 6.02. The summed E-state index contributed by atoms with van der Waals surface area (Å²) in [4.78, 5) is 40.9. The Hall–Kier alpha value is -3.83. The van der Waals surface area contributed by atoms with Crippen molar-refractivity contribution in [1.29, 1.82) is 0 Å². The molecule has 43 heavy (non-hydrogen) atoms. The van der Waals surface area contributed by atoms with E-state index >= 15 is 0 Å². The monoisotopic (exact) mass is 773 g/mol. The zero-order valence-corrected chi connectivity index (χ0v) is 27.5. The van der Waals surface area contributed by atoms with Gasteiger partial charge in [-0.15, -0.1) is 20.4 Å². The number of nitrogens with zero attached hydrogens (tertiary/aromatic N) is 5. The van der Waals surface area contributed by atoms with Gasteiger partial charge >= 0.3 is 132 Å². The molecule has 1 radical (unpaired) electrons. The molecule has 1 aliphatic rings. The van der Waals surface area contributed by atoms with Crippen LogP contribution in [0.5, 0.6) is 0 Å². The number of unbranched alkanes of at least 4 members (excludes halogenated alkanes) is 2. The summed E-state index contributed by atoms with van der Waals surface area (Å²) in [5.74, 6) is 0.129. The van der Waals surface area contributed by atoms with Gasteiger partial charge in [0.05, 0.1) is 0 Å². The molecule has 1 aliphatic heterocycles. The number of carbonyl (C=O) groups excluding carboxylic acids is 3. The van der Waals surface area contributed by atoms with Gasteiger partial charge in [0.2, 0.25) is 5.82 Å². The van der Waals surface area contributed by atoms with Crippen molar-refractivity contribution >= 4 is 59.2 Å². The summed E-state index contributed by atoms with van der Waals surface area (Å²) in [5.41, 5.74) is 4.32. The third-order valence-electron chi connectivity index (χ3n) is 7.42. The van der Waals surface area contributed by atoms with Gasteiger partial charge in [0, 0.05) is 23.2 Å². The van der Waals surface area contributed by atoms with E-state index in [0.717, 1.165) is 64.1 Å². The first kappa shape index (κ1) is 30.6. The fourth-order valence-electron chi connectivity index (χ4n) is 5.23. The summed E-state index contributed by atoms with van der Waals surface area (Å²) in [6.45, 7) is 4.96. The summed E-state index contributed by atoms with van der Waals surface area (Å²) in [7, 11) is 0. The van der Waals surface area contributed by atoms with Crippen LogP contribution in [0.4, 0.5) is 5.69 Å². The standard InChI is InChI=1S/C32H34N7O3.Po/c1-4-6-11-27(40)34-17-18-39-31(41)24-13-12-23(21-9-8-10-22(19-21)30-37-35-20(3)36-38-30)29-26(33-16-7-5-2)15-14-25(28(24)29)32(39)42;/h8-10,12-15,19,33H,1,4-7,11,16-18H2,2-3H3,(H,34,40);. The number of aromatic nitrogens is 4. The SMILES string of the molecule is CCCCNc1ccc2c3c(ccc(-c4cccc(-c5nnc(C)nn5)c4)c13)C(=O)N(CCNC(=O)CCC[CH2][Po])C2=O. The molecule has 10 nitrogen and oxygen atoms in total. The molecular weight excluding hydrogens is 739 g/mol. The molecule has 2 heterocycles. The number of hydrogen-bond donors (Lipinski definition) is 2. The molecule has 11 heteroatoms. The van der Waals surface area contributed by atoms with Crippen LogP contribution in [-0.4, -0.2) is 87.7 Å². The average Bonchev–Trinajstić information content (AvgIpc) is 3.02. The zero-order chi connectivity index (χ0) is 30.3. The first-order valence-corrected chi connectivity index (χ1v) is 16.9. The van der Waals surface area contributed by atoms with Gasteiger partial charge in [-0.05, 0) is 36.6 Å². The molecule has 0 bridgehead atoms. The Balaban J connectivity index is 1.52. The summed E-state index contributed by atoms with van der Waals surface area (Å²) in [6, 6.07) is 15.2. The summed E-state index contributed by atoms with van der Waals surface area (Å²) in [6.07, 6.45) is 4.34. The van der Waals surface area contributed by atoms with Gasteiger partial charge in [0.25, 0.3) is 0 Å². The van der Waals surface area contributed by atoms with Crippen molar-refractivity contribution in [2.45, 2.75) is 50.0 Å². The second-order valence-corrected chi connectivity index (χ2v) is 12.1. The Morgan fingerprint density at radius 2 is 1.53 bits per heavy atom. The molecule has 0 saturated carbocycles. The van der Waals surface area contributed by atoms with Crippen molar-refractivity contribution in [3.63, 3.8) is 0 Å². The van der Waals surface area contributed by atoms with E-state index in [2.05, 4.69) is 38.0 Å². The second kappa shape index (κ2) is 14.1. The molecule has 0 atom stereocenters. The van der Waals surface area contributed by atoms with E-state index in [1.165, 1.54) is 30.0 Å². The number of rotatable bonds is 13. The van der Waals surface area contributed by atoms with Crippen molar-refractivity contribution in [3.8, 4) is 22.5 Å². The van der Waals surface area contributed by atoms with Crippen LogP contribution in [0.2, 0.25) is 4.08 Å². The summed E-state index contributed by atoms with van der Waals surface area (Å²) >= 11 is 1.52. The molecular formula is C32H34N7O3Po. The van der Waals surface area contributed by atoms with E-state index in [0.29, 0.717) is 34.6 Å². The van der Waals surface area contributed by atoms with Gasteiger partial charge in [0.1, 0.15) is 0 Å². The normalized spacial score (nSPS) is 12.6. The molecule has 0 unspecified atom stereocenters. The van der Waals surface area contributed by atoms with E-state index < -0.39 is 0 Å². The molecule has 1 aromatic heterocycles. The van der Waals surface area contributed by atoms with E-state index in [-0.39, 0.29) is 30.8 Å². The Bertz CT molecular complexity index is 1640. The summed E-state index contributed by atoms with van der Waals surface area (Å²) < 4.78 is 1.12. The fraction of sp³-hybridized carbons (Fsp3) is 0.344. The molecule has 0 spiro atoms. The predicted molar refractivity (Wildman–Crippen MR) is 167 cm³/mol. The number of hydrogen-bond acceptors (Lipinski definition) is 8. The van der Waals surface area contributed by atoms with E-state index in [9.17, 15) is 14.4 Å². The molecule has 221 valence electrons. The van der Waals surface area contributed by atoms with Gasteiger partial charge in [-0.1, -0.05) is 37.6 Å². The molecule has 5 rings (SSSR count). The molecule has 0 saturated heterocycles. The number of aryl methyl sites for hydroxylation is 1. The van der Waals surface area contributed by atoms with Crippen molar-refractivity contribution in [3.05, 3.63) is 65.5 Å². The third kappa shape index (κ3) is 6.72. The molecule has 3 amide bonds. The maximum absolute atomic E-state index is 13.7. The Kier molecular flexibility index (Phi) is 10.0. The van der Waals surface area contributed by atoms with Crippen molar-refractivity contribution in [2.24, 2.45) is 0 Å². The van der Waals surface area contributed by atoms with Crippen LogP contribution in [0, 0.1) is 6.92 Å². The molecule has 3 aromatic carbocycles. The van der Waals surface area contributed by atoms with Gasteiger partial charge in [-0.3, -0.25) is 0 Å². The predicted octanol–water partition coefficient (Wildman–Crippen LogP) is 4.74. The number of nitrogens with one attached hydrogen (secondary N) is 2. The minimum absolute atomic E-state index is 0.0554. The second-order valence-electron chi connectivity index (χ2n) is 10.5. The molecule has 0 aliphatic carbocycles. The minimum atomic E-state index is -0.359. The molecule has 0 fully saturated rings. The van der Waals surface area contributed by atoms with Crippen molar-refractivity contribution < 1.29 is 14.4 Å². The van der Waals surface area contributed by atoms with Crippen molar-refractivity contribution in [2.75, 3.05) is 25.0 Å². The van der Waals surface area contributed by atoms with Gasteiger partial charge in [-0.25, -0.2) is 0 Å². The number of imide groups is 1. The first-order valence-electron chi connectivity index (χ1n) is 14.6. The zero-order valence-electron chi connectivity index (χ0n) is 24.4. The quantitative estimate of drug-likeness (QED) is 0.147. The van der Waals surface area contributed by atoms with Crippen LogP contribution in [0.3, 0.4) is 0 Å². The van der Waals surface area contributed by atoms with Crippen LogP contribution in [-0.2, 0) is 4.79 Å². The van der Waals surface area contributed by atoms with Gasteiger partial charge < -0.3 is 5.32 Å². The third-order valence-corrected chi connectivity index (χ3v) is 8.55. The van der Waals surface area contributed by atoms with E-state index in [4.69, 9.17) is 0 Å². The number of amides is 3. The van der Waals surface area contributed by atoms with Crippen LogP contribution < -0.4 is 10.6 Å². The van der Waals surface area contributed by atoms with Gasteiger partial charge in [-0.2, -0.15) is 0 Å². The van der Waals surface area contributed by atoms with Crippen LogP contribution >= 0.6 is 0 Å². The Labute approximate surface area is 266 Å². The van der Waals surface area contributed by atoms with Crippen molar-refractivity contribution in [1.82, 2.24) is 30.6 Å². The topological polar surface area (TPSA) is 130 Å². The Morgan fingerprint density at radius 1 is 0.837 bits per heavy atom.